The van der Waals surface area contributed by atoms with Crippen LogP contribution in [0, 0.1) is 0 Å². The average Bonchev–Trinajstić information content (AvgIpc) is 1.99. The number of carbonyl (C=O) groups excluding carboxylic acids is 1. The lowest BCUT2D eigenvalue weighted by atomic mass is 10.3. The Morgan fingerprint density at radius 2 is 1.85 bits per heavy atom. The first-order valence-electron chi connectivity index (χ1n) is 2.94. The van der Waals surface area contributed by atoms with Gasteiger partial charge in [0.05, 0.1) is 0 Å². The summed E-state index contributed by atoms with van der Waals surface area (Å²) in [5, 5.41) is 9.05. The summed E-state index contributed by atoms with van der Waals surface area (Å²) in [5.74, 6) is -8.75. The van der Waals surface area contributed by atoms with Gasteiger partial charge in [-0.15, -0.1) is 0 Å². The number of carboxylic acids is 1. The summed E-state index contributed by atoms with van der Waals surface area (Å²) < 4.78 is 46.9. The van der Waals surface area contributed by atoms with Crippen molar-refractivity contribution in [3.05, 3.63) is 0 Å². The van der Waals surface area contributed by atoms with Gasteiger partial charge in [-0.1, -0.05) is 0 Å². The first-order valence-corrected chi connectivity index (χ1v) is 2.94. The zero-order valence-corrected chi connectivity index (χ0v) is 6.06. The smallest absolute Gasteiger partial charge is 0.383 e. The highest BCUT2D eigenvalue weighted by molar-refractivity contribution is 5.86. The third-order valence-electron chi connectivity index (χ3n) is 0.977. The Hall–Kier alpha value is -1.34. The van der Waals surface area contributed by atoms with Crippen LogP contribution in [-0.2, 0) is 9.59 Å². The molecule has 2 N–H and O–H groups in total. The summed E-state index contributed by atoms with van der Waals surface area (Å²) in [6.07, 6.45) is -4.15. The molecule has 4 nitrogen and oxygen atoms in total. The highest BCUT2D eigenvalue weighted by Gasteiger charge is 2.48. The number of carbonyl (C=O) groups is 2. The van der Waals surface area contributed by atoms with Crippen molar-refractivity contribution in [1.29, 1.82) is 0 Å². The molecule has 0 rings (SSSR count). The van der Waals surface area contributed by atoms with E-state index in [4.69, 9.17) is 5.11 Å². The van der Waals surface area contributed by atoms with Gasteiger partial charge >= 0.3 is 18.3 Å². The van der Waals surface area contributed by atoms with Crippen molar-refractivity contribution < 1.29 is 32.3 Å². The molecule has 0 aromatic rings. The number of aliphatic carboxylic acids is 1. The van der Waals surface area contributed by atoms with E-state index in [2.05, 4.69) is 0 Å². The van der Waals surface area contributed by atoms with E-state index in [0.29, 0.717) is 0 Å². The third kappa shape index (κ3) is 3.26. The monoisotopic (exact) mass is 203 g/mol. The Morgan fingerprint density at radius 1 is 1.38 bits per heavy atom. The Balaban J connectivity index is 4.18. The van der Waals surface area contributed by atoms with Gasteiger partial charge in [0, 0.05) is 0 Å². The average molecular weight is 203 g/mol. The minimum absolute atomic E-state index is 1.12. The maximum Gasteiger partial charge on any atom is 0.383 e. The van der Waals surface area contributed by atoms with Crippen LogP contribution in [0.2, 0.25) is 0 Å². The Morgan fingerprint density at radius 3 is 2.15 bits per heavy atom. The fourth-order valence-electron chi connectivity index (χ4n) is 0.373. The van der Waals surface area contributed by atoms with Crippen molar-refractivity contribution in [3.8, 4) is 0 Å². The molecule has 0 aromatic carbocycles. The number of hydrogen-bond acceptors (Lipinski definition) is 2. The molecule has 0 aliphatic carbocycles. The molecule has 0 aliphatic rings. The van der Waals surface area contributed by atoms with Gasteiger partial charge in [-0.2, -0.15) is 8.78 Å². The van der Waals surface area contributed by atoms with Gasteiger partial charge in [0.15, 0.2) is 0 Å². The topological polar surface area (TPSA) is 66.4 Å². The number of alkyl halides is 4. The van der Waals surface area contributed by atoms with E-state index < -0.39 is 30.8 Å². The largest absolute Gasteiger partial charge is 0.480 e. The van der Waals surface area contributed by atoms with E-state index in [0.717, 1.165) is 5.32 Å². The standard InChI is InChI=1S/C5H5F4NO3/c6-3(7)5(8,9)4(13)10-1-2(11)12/h3H,1H2,(H,10,13)(H,11,12). The highest BCUT2D eigenvalue weighted by Crippen LogP contribution is 2.22. The molecule has 13 heavy (non-hydrogen) atoms. The molecule has 0 fully saturated rings. The highest BCUT2D eigenvalue weighted by atomic mass is 19.3. The van der Waals surface area contributed by atoms with Crippen LogP contribution in [0.4, 0.5) is 17.6 Å². The van der Waals surface area contributed by atoms with E-state index in [-0.39, 0.29) is 0 Å². The van der Waals surface area contributed by atoms with Crippen LogP contribution in [0.5, 0.6) is 0 Å². The quantitative estimate of drug-likeness (QED) is 0.636. The molecule has 8 heteroatoms. The number of carboxylic acid groups (broad SMARTS) is 1. The summed E-state index contributed by atoms with van der Waals surface area (Å²) in [5.41, 5.74) is 0. The van der Waals surface area contributed by atoms with Crippen LogP contribution in [0.15, 0.2) is 0 Å². The molecule has 0 bridgehead atoms. The predicted molar refractivity (Wildman–Crippen MR) is 31.6 cm³/mol. The Kier molecular flexibility index (Phi) is 3.64. The lowest BCUT2D eigenvalue weighted by molar-refractivity contribution is -0.170. The predicted octanol–water partition coefficient (Wildman–Crippen LogP) is 0.0876. The fourth-order valence-corrected chi connectivity index (χ4v) is 0.373. The van der Waals surface area contributed by atoms with Crippen molar-refractivity contribution in [2.45, 2.75) is 12.3 Å². The van der Waals surface area contributed by atoms with Crippen molar-refractivity contribution in [2.75, 3.05) is 6.54 Å². The molecule has 1 amide bonds. The van der Waals surface area contributed by atoms with Gasteiger partial charge in [0.1, 0.15) is 6.54 Å². The van der Waals surface area contributed by atoms with Crippen LogP contribution in [0.25, 0.3) is 0 Å². The van der Waals surface area contributed by atoms with E-state index >= 15 is 0 Å². The molecule has 0 unspecified atom stereocenters. The number of halogens is 4. The Labute approximate surface area is 69.5 Å². The van der Waals surface area contributed by atoms with Crippen molar-refractivity contribution in [2.24, 2.45) is 0 Å². The van der Waals surface area contributed by atoms with Gasteiger partial charge in [-0.05, 0) is 0 Å². The fraction of sp³-hybridized carbons (Fsp3) is 0.600. The molecule has 0 saturated carbocycles. The molecule has 0 saturated heterocycles. The zero-order chi connectivity index (χ0) is 10.6. The molecular weight excluding hydrogens is 198 g/mol. The number of rotatable bonds is 4. The van der Waals surface area contributed by atoms with Crippen LogP contribution >= 0.6 is 0 Å². The lowest BCUT2D eigenvalue weighted by Gasteiger charge is -2.13. The SMILES string of the molecule is O=C(O)CNC(=O)C(F)(F)C(F)F. The molecule has 76 valence electrons. The van der Waals surface area contributed by atoms with Crippen molar-refractivity contribution >= 4 is 11.9 Å². The number of amides is 1. The minimum atomic E-state index is -4.85. The van der Waals surface area contributed by atoms with Gasteiger partial charge in [0.25, 0.3) is 5.91 Å². The molecule has 0 radical (unpaired) electrons. The van der Waals surface area contributed by atoms with E-state index in [9.17, 15) is 27.2 Å². The van der Waals surface area contributed by atoms with Gasteiger partial charge in [0.2, 0.25) is 0 Å². The molecular formula is C5H5F4NO3. The van der Waals surface area contributed by atoms with Crippen molar-refractivity contribution in [3.63, 3.8) is 0 Å². The number of hydrogen-bond donors (Lipinski definition) is 2. The molecule has 0 aliphatic heterocycles. The zero-order valence-electron chi connectivity index (χ0n) is 6.06. The van der Waals surface area contributed by atoms with Crippen LogP contribution in [0.3, 0.4) is 0 Å². The molecule has 0 atom stereocenters. The van der Waals surface area contributed by atoms with E-state index in [1.807, 2.05) is 0 Å². The lowest BCUT2D eigenvalue weighted by Crippen LogP contribution is -2.46. The van der Waals surface area contributed by atoms with Gasteiger partial charge in [-0.25, -0.2) is 8.78 Å². The maximum atomic E-state index is 12.0. The van der Waals surface area contributed by atoms with E-state index in [1.54, 1.807) is 0 Å². The Bertz CT molecular complexity index is 218. The molecule has 0 spiro atoms. The molecule has 0 heterocycles. The third-order valence-corrected chi connectivity index (χ3v) is 0.977. The van der Waals surface area contributed by atoms with Crippen LogP contribution in [0.1, 0.15) is 0 Å². The molecule has 0 aromatic heterocycles. The van der Waals surface area contributed by atoms with E-state index in [1.165, 1.54) is 0 Å². The maximum absolute atomic E-state index is 12.0. The van der Waals surface area contributed by atoms with Crippen LogP contribution < -0.4 is 5.32 Å². The summed E-state index contributed by atoms with van der Waals surface area (Å²) in [6.45, 7) is -1.12. The second-order valence-electron chi connectivity index (χ2n) is 2.00. The number of nitrogens with one attached hydrogen (secondary N) is 1. The second kappa shape index (κ2) is 4.06. The van der Waals surface area contributed by atoms with Gasteiger partial charge < -0.3 is 10.4 Å². The van der Waals surface area contributed by atoms with Gasteiger partial charge in [-0.3, -0.25) is 9.59 Å². The summed E-state index contributed by atoms with van der Waals surface area (Å²) in [7, 11) is 0. The second-order valence-corrected chi connectivity index (χ2v) is 2.00. The summed E-state index contributed by atoms with van der Waals surface area (Å²) >= 11 is 0. The normalized spacial score (nSPS) is 11.5. The minimum Gasteiger partial charge on any atom is -0.480 e. The van der Waals surface area contributed by atoms with Crippen molar-refractivity contribution in [1.82, 2.24) is 5.32 Å². The first kappa shape index (κ1) is 11.7. The first-order chi connectivity index (χ1) is 5.78. The summed E-state index contributed by atoms with van der Waals surface area (Å²) in [6, 6.07) is 0. The summed E-state index contributed by atoms with van der Waals surface area (Å²) in [4.78, 5) is 20.0. The van der Waals surface area contributed by atoms with Crippen LogP contribution in [-0.4, -0.2) is 35.9 Å².